The molecule has 0 radical (unpaired) electrons. The minimum atomic E-state index is 0.0225. The number of hydrogen-bond donors (Lipinski definition) is 1. The van der Waals surface area contributed by atoms with Crippen LogP contribution >= 0.6 is 0 Å². The van der Waals surface area contributed by atoms with Crippen LogP contribution in [0.5, 0.6) is 0 Å². The van der Waals surface area contributed by atoms with Crippen molar-refractivity contribution in [3.8, 4) is 0 Å². The Labute approximate surface area is 88.1 Å². The molecular weight excluding hydrogens is 190 g/mol. The first-order chi connectivity index (χ1) is 7.33. The highest BCUT2D eigenvalue weighted by atomic mass is 16.5. The van der Waals surface area contributed by atoms with Gasteiger partial charge in [0.15, 0.2) is 5.78 Å². The Morgan fingerprint density at radius 2 is 2.20 bits per heavy atom. The van der Waals surface area contributed by atoms with Crippen LogP contribution in [0.1, 0.15) is 17.3 Å². The van der Waals surface area contributed by atoms with Crippen LogP contribution in [0.15, 0.2) is 30.5 Å². The molecule has 2 rings (SSSR count). The number of rotatable bonds is 4. The summed E-state index contributed by atoms with van der Waals surface area (Å²) in [6.07, 6.45) is 1.74. The van der Waals surface area contributed by atoms with E-state index in [4.69, 9.17) is 4.74 Å². The van der Waals surface area contributed by atoms with Gasteiger partial charge in [-0.25, -0.2) is 0 Å². The van der Waals surface area contributed by atoms with Gasteiger partial charge in [-0.1, -0.05) is 18.2 Å². The highest BCUT2D eigenvalue weighted by Gasteiger charge is 2.10. The number of ketones is 1. The van der Waals surface area contributed by atoms with Crippen molar-refractivity contribution in [2.45, 2.75) is 6.92 Å². The molecule has 1 heterocycles. The molecule has 0 fully saturated rings. The molecule has 2 aromatic rings. The predicted molar refractivity (Wildman–Crippen MR) is 59.1 cm³/mol. The summed E-state index contributed by atoms with van der Waals surface area (Å²) < 4.78 is 5.10. The molecule has 0 unspecified atom stereocenters. The van der Waals surface area contributed by atoms with Crippen LogP contribution in [0.2, 0.25) is 0 Å². The molecule has 3 nitrogen and oxygen atoms in total. The topological polar surface area (TPSA) is 42.1 Å². The van der Waals surface area contributed by atoms with E-state index in [0.717, 1.165) is 10.9 Å². The maximum atomic E-state index is 11.7. The number of para-hydroxylation sites is 1. The maximum Gasteiger partial charge on any atom is 0.190 e. The summed E-state index contributed by atoms with van der Waals surface area (Å²) in [5.74, 6) is 0.0225. The monoisotopic (exact) mass is 203 g/mol. The SMILES string of the molecule is CCOCC(=O)c1c[nH]c2ccccc12. The molecule has 15 heavy (non-hydrogen) atoms. The van der Waals surface area contributed by atoms with Gasteiger partial charge in [-0.15, -0.1) is 0 Å². The number of H-pyrrole nitrogens is 1. The summed E-state index contributed by atoms with van der Waals surface area (Å²) in [6, 6.07) is 7.75. The number of ether oxygens (including phenoxy) is 1. The fourth-order valence-electron chi connectivity index (χ4n) is 1.57. The van der Waals surface area contributed by atoms with E-state index >= 15 is 0 Å². The third-order valence-corrected chi connectivity index (χ3v) is 2.33. The molecule has 1 N–H and O–H groups in total. The number of benzene rings is 1. The van der Waals surface area contributed by atoms with Crippen LogP contribution in [-0.2, 0) is 4.74 Å². The number of fused-ring (bicyclic) bond motifs is 1. The smallest absolute Gasteiger partial charge is 0.190 e. The minimum absolute atomic E-state index is 0.0225. The fourth-order valence-corrected chi connectivity index (χ4v) is 1.57. The molecule has 0 atom stereocenters. The molecule has 0 aliphatic carbocycles. The van der Waals surface area contributed by atoms with Gasteiger partial charge < -0.3 is 9.72 Å². The normalized spacial score (nSPS) is 10.7. The Bertz CT molecular complexity index is 473. The van der Waals surface area contributed by atoms with Gasteiger partial charge in [-0.2, -0.15) is 0 Å². The molecule has 0 aliphatic rings. The molecule has 3 heteroatoms. The number of carbonyl (C=O) groups is 1. The van der Waals surface area contributed by atoms with Crippen molar-refractivity contribution in [1.82, 2.24) is 4.98 Å². The maximum absolute atomic E-state index is 11.7. The minimum Gasteiger partial charge on any atom is -0.374 e. The number of hydrogen-bond acceptors (Lipinski definition) is 2. The first-order valence-electron chi connectivity index (χ1n) is 5.00. The van der Waals surface area contributed by atoms with Crippen LogP contribution in [0, 0.1) is 0 Å². The van der Waals surface area contributed by atoms with E-state index in [9.17, 15) is 4.79 Å². The lowest BCUT2D eigenvalue weighted by molar-refractivity contribution is 0.0785. The van der Waals surface area contributed by atoms with Crippen molar-refractivity contribution in [2.75, 3.05) is 13.2 Å². The highest BCUT2D eigenvalue weighted by molar-refractivity contribution is 6.08. The number of aromatic amines is 1. The summed E-state index contributed by atoms with van der Waals surface area (Å²) in [7, 11) is 0. The van der Waals surface area contributed by atoms with Gasteiger partial charge >= 0.3 is 0 Å². The van der Waals surface area contributed by atoms with Crippen molar-refractivity contribution < 1.29 is 9.53 Å². The Morgan fingerprint density at radius 3 is 3.00 bits per heavy atom. The summed E-state index contributed by atoms with van der Waals surface area (Å²) in [5, 5.41) is 0.960. The van der Waals surface area contributed by atoms with E-state index in [0.29, 0.717) is 12.2 Å². The molecule has 0 amide bonds. The van der Waals surface area contributed by atoms with Crippen LogP contribution in [-0.4, -0.2) is 24.0 Å². The van der Waals surface area contributed by atoms with E-state index in [-0.39, 0.29) is 12.4 Å². The first-order valence-corrected chi connectivity index (χ1v) is 5.00. The van der Waals surface area contributed by atoms with Crippen LogP contribution in [0.25, 0.3) is 10.9 Å². The van der Waals surface area contributed by atoms with Crippen molar-refractivity contribution in [2.24, 2.45) is 0 Å². The summed E-state index contributed by atoms with van der Waals surface area (Å²) >= 11 is 0. The quantitative estimate of drug-likeness (QED) is 0.775. The van der Waals surface area contributed by atoms with E-state index in [1.54, 1.807) is 6.20 Å². The fraction of sp³-hybridized carbons (Fsp3) is 0.250. The van der Waals surface area contributed by atoms with Gasteiger partial charge in [-0.3, -0.25) is 4.79 Å². The van der Waals surface area contributed by atoms with Crippen LogP contribution in [0.4, 0.5) is 0 Å². The zero-order chi connectivity index (χ0) is 10.7. The number of nitrogens with one attached hydrogen (secondary N) is 1. The van der Waals surface area contributed by atoms with Gasteiger partial charge in [0.25, 0.3) is 0 Å². The average Bonchev–Trinajstić information content (AvgIpc) is 2.69. The summed E-state index contributed by atoms with van der Waals surface area (Å²) in [6.45, 7) is 2.59. The van der Waals surface area contributed by atoms with Gasteiger partial charge in [0.1, 0.15) is 6.61 Å². The predicted octanol–water partition coefficient (Wildman–Crippen LogP) is 2.39. The van der Waals surface area contributed by atoms with Gasteiger partial charge in [0.05, 0.1) is 0 Å². The van der Waals surface area contributed by atoms with Crippen molar-refractivity contribution in [3.05, 3.63) is 36.0 Å². The Morgan fingerprint density at radius 1 is 1.40 bits per heavy atom. The first kappa shape index (κ1) is 9.93. The lowest BCUT2D eigenvalue weighted by atomic mass is 10.1. The lowest BCUT2D eigenvalue weighted by Crippen LogP contribution is -2.08. The highest BCUT2D eigenvalue weighted by Crippen LogP contribution is 2.17. The second-order valence-corrected chi connectivity index (χ2v) is 3.31. The Kier molecular flexibility index (Phi) is 2.83. The Hall–Kier alpha value is -1.61. The largest absolute Gasteiger partial charge is 0.374 e. The number of carbonyl (C=O) groups excluding carboxylic acids is 1. The zero-order valence-corrected chi connectivity index (χ0v) is 8.62. The molecular formula is C12H13NO2. The number of aromatic nitrogens is 1. The molecule has 1 aromatic heterocycles. The lowest BCUT2D eigenvalue weighted by Gasteiger charge is -1.99. The molecule has 0 spiro atoms. The van der Waals surface area contributed by atoms with Crippen molar-refractivity contribution >= 4 is 16.7 Å². The third kappa shape index (κ3) is 1.92. The van der Waals surface area contributed by atoms with E-state index < -0.39 is 0 Å². The number of Topliss-reactive ketones (excluding diaryl/α,β-unsaturated/α-hetero) is 1. The van der Waals surface area contributed by atoms with Gasteiger partial charge in [0, 0.05) is 29.3 Å². The molecule has 0 bridgehead atoms. The average molecular weight is 203 g/mol. The third-order valence-electron chi connectivity index (χ3n) is 2.33. The molecule has 78 valence electrons. The van der Waals surface area contributed by atoms with E-state index in [1.807, 2.05) is 31.2 Å². The summed E-state index contributed by atoms with van der Waals surface area (Å²) in [5.41, 5.74) is 1.69. The summed E-state index contributed by atoms with van der Waals surface area (Å²) in [4.78, 5) is 14.8. The molecule has 0 saturated carbocycles. The molecule has 0 saturated heterocycles. The second kappa shape index (κ2) is 4.28. The van der Waals surface area contributed by atoms with E-state index in [2.05, 4.69) is 4.98 Å². The van der Waals surface area contributed by atoms with Crippen molar-refractivity contribution in [3.63, 3.8) is 0 Å². The van der Waals surface area contributed by atoms with Crippen LogP contribution < -0.4 is 0 Å². The van der Waals surface area contributed by atoms with E-state index in [1.165, 1.54) is 0 Å². The van der Waals surface area contributed by atoms with Gasteiger partial charge in [0.2, 0.25) is 0 Å². The standard InChI is InChI=1S/C12H13NO2/c1-2-15-8-12(14)10-7-13-11-6-4-3-5-9(10)11/h3-7,13H,2,8H2,1H3. The molecule has 0 aliphatic heterocycles. The second-order valence-electron chi connectivity index (χ2n) is 3.31. The molecule has 1 aromatic carbocycles. The van der Waals surface area contributed by atoms with Gasteiger partial charge in [-0.05, 0) is 13.0 Å². The Balaban J connectivity index is 2.31. The van der Waals surface area contributed by atoms with Crippen molar-refractivity contribution in [1.29, 1.82) is 0 Å². The zero-order valence-electron chi connectivity index (χ0n) is 8.62. The van der Waals surface area contributed by atoms with Crippen LogP contribution in [0.3, 0.4) is 0 Å².